The third-order valence-electron chi connectivity index (χ3n) is 2.20. The maximum atomic E-state index is 11.9. The fraction of sp³-hybridized carbons (Fsp3) is 0.273. The lowest BCUT2D eigenvalue weighted by molar-refractivity contribution is -0.142. The van der Waals surface area contributed by atoms with E-state index in [4.69, 9.17) is 17.3 Å². The second-order valence-corrected chi connectivity index (χ2v) is 4.73. The SMILES string of the molecule is COC(=O)C(CN)NC(=O)c1ccc(Br)cc1Cl. The number of amides is 1. The van der Waals surface area contributed by atoms with E-state index < -0.39 is 17.9 Å². The standard InChI is InChI=1S/C11H12BrClN2O3/c1-18-11(17)9(5-14)15-10(16)7-3-2-6(12)4-8(7)13/h2-4,9H,5,14H2,1H3,(H,15,16). The number of ether oxygens (including phenoxy) is 1. The van der Waals surface area contributed by atoms with Gasteiger partial charge in [-0.25, -0.2) is 4.79 Å². The molecule has 0 heterocycles. The Kier molecular flexibility index (Phi) is 5.58. The van der Waals surface area contributed by atoms with Crippen LogP contribution in [0.25, 0.3) is 0 Å². The fourth-order valence-electron chi connectivity index (χ4n) is 1.27. The highest BCUT2D eigenvalue weighted by Crippen LogP contribution is 2.21. The molecule has 0 saturated heterocycles. The minimum atomic E-state index is -0.887. The molecule has 0 bridgehead atoms. The van der Waals surface area contributed by atoms with Gasteiger partial charge in [0.25, 0.3) is 5.91 Å². The van der Waals surface area contributed by atoms with Crippen molar-refractivity contribution in [3.05, 3.63) is 33.3 Å². The van der Waals surface area contributed by atoms with E-state index in [-0.39, 0.29) is 17.1 Å². The number of methoxy groups -OCH3 is 1. The molecular weight excluding hydrogens is 323 g/mol. The highest BCUT2D eigenvalue weighted by molar-refractivity contribution is 9.10. The largest absolute Gasteiger partial charge is 0.467 e. The van der Waals surface area contributed by atoms with Crippen LogP contribution in [0.5, 0.6) is 0 Å². The van der Waals surface area contributed by atoms with Crippen molar-refractivity contribution in [2.75, 3.05) is 13.7 Å². The molecule has 0 aliphatic heterocycles. The summed E-state index contributed by atoms with van der Waals surface area (Å²) in [5.74, 6) is -1.08. The molecule has 1 amide bonds. The Hall–Kier alpha value is -1.11. The van der Waals surface area contributed by atoms with Gasteiger partial charge < -0.3 is 15.8 Å². The monoisotopic (exact) mass is 334 g/mol. The fourth-order valence-corrected chi connectivity index (χ4v) is 2.03. The first-order valence-electron chi connectivity index (χ1n) is 5.03. The summed E-state index contributed by atoms with van der Waals surface area (Å²) in [4.78, 5) is 23.2. The predicted octanol–water partition coefficient (Wildman–Crippen LogP) is 1.33. The molecule has 0 radical (unpaired) electrons. The smallest absolute Gasteiger partial charge is 0.329 e. The molecule has 0 aliphatic rings. The maximum Gasteiger partial charge on any atom is 0.329 e. The average molecular weight is 336 g/mol. The highest BCUT2D eigenvalue weighted by atomic mass is 79.9. The van der Waals surface area contributed by atoms with Gasteiger partial charge in [0.05, 0.1) is 17.7 Å². The van der Waals surface area contributed by atoms with Gasteiger partial charge in [0.15, 0.2) is 0 Å². The lowest BCUT2D eigenvalue weighted by Gasteiger charge is -2.14. The van der Waals surface area contributed by atoms with Crippen LogP contribution in [0, 0.1) is 0 Å². The molecule has 98 valence electrons. The second-order valence-electron chi connectivity index (χ2n) is 3.41. The van der Waals surface area contributed by atoms with Gasteiger partial charge in [-0.05, 0) is 18.2 Å². The van der Waals surface area contributed by atoms with Crippen LogP contribution in [0.15, 0.2) is 22.7 Å². The first-order valence-corrected chi connectivity index (χ1v) is 6.20. The average Bonchev–Trinajstić information content (AvgIpc) is 2.34. The van der Waals surface area contributed by atoms with Crippen molar-refractivity contribution < 1.29 is 14.3 Å². The normalized spacial score (nSPS) is 11.8. The summed E-state index contributed by atoms with van der Waals surface area (Å²) >= 11 is 9.16. The van der Waals surface area contributed by atoms with Crippen LogP contribution in [-0.2, 0) is 9.53 Å². The summed E-state index contributed by atoms with van der Waals surface area (Å²) < 4.78 is 5.27. The molecular formula is C11H12BrClN2O3. The number of carbonyl (C=O) groups excluding carboxylic acids is 2. The molecule has 3 N–H and O–H groups in total. The molecule has 0 spiro atoms. The van der Waals surface area contributed by atoms with E-state index in [1.807, 2.05) is 0 Å². The summed E-state index contributed by atoms with van der Waals surface area (Å²) in [5.41, 5.74) is 5.65. The van der Waals surface area contributed by atoms with E-state index in [2.05, 4.69) is 26.0 Å². The predicted molar refractivity (Wildman–Crippen MR) is 71.5 cm³/mol. The molecule has 1 unspecified atom stereocenters. The zero-order chi connectivity index (χ0) is 13.7. The number of nitrogens with two attached hydrogens (primary N) is 1. The topological polar surface area (TPSA) is 81.4 Å². The minimum Gasteiger partial charge on any atom is -0.467 e. The number of halogens is 2. The van der Waals surface area contributed by atoms with Gasteiger partial charge >= 0.3 is 5.97 Å². The Morgan fingerprint density at radius 2 is 2.22 bits per heavy atom. The molecule has 0 saturated carbocycles. The molecule has 1 rings (SSSR count). The van der Waals surface area contributed by atoms with Gasteiger partial charge in [-0.2, -0.15) is 0 Å². The summed E-state index contributed by atoms with van der Waals surface area (Å²) in [7, 11) is 1.23. The zero-order valence-corrected chi connectivity index (χ0v) is 11.9. The number of hydrogen-bond acceptors (Lipinski definition) is 4. The van der Waals surface area contributed by atoms with E-state index >= 15 is 0 Å². The quantitative estimate of drug-likeness (QED) is 0.814. The number of nitrogens with one attached hydrogen (secondary N) is 1. The van der Waals surface area contributed by atoms with Crippen molar-refractivity contribution in [3.63, 3.8) is 0 Å². The Labute approximate surface area is 118 Å². The van der Waals surface area contributed by atoms with Gasteiger partial charge in [-0.1, -0.05) is 27.5 Å². The first-order chi connectivity index (χ1) is 8.49. The van der Waals surface area contributed by atoms with Gasteiger partial charge in [-0.3, -0.25) is 4.79 Å². The molecule has 1 atom stereocenters. The Balaban J connectivity index is 2.84. The van der Waals surface area contributed by atoms with E-state index in [1.165, 1.54) is 7.11 Å². The summed E-state index contributed by atoms with van der Waals surface area (Å²) in [6.07, 6.45) is 0. The van der Waals surface area contributed by atoms with Crippen LogP contribution in [-0.4, -0.2) is 31.6 Å². The van der Waals surface area contributed by atoms with Gasteiger partial charge in [0.1, 0.15) is 6.04 Å². The van der Waals surface area contributed by atoms with E-state index in [1.54, 1.807) is 18.2 Å². The molecule has 1 aromatic rings. The molecule has 5 nitrogen and oxygen atoms in total. The van der Waals surface area contributed by atoms with Crippen molar-refractivity contribution in [1.29, 1.82) is 0 Å². The molecule has 0 aromatic heterocycles. The second kappa shape index (κ2) is 6.72. The minimum absolute atomic E-state index is 0.0490. The number of rotatable bonds is 4. The van der Waals surface area contributed by atoms with Crippen LogP contribution in [0.1, 0.15) is 10.4 Å². The molecule has 0 fully saturated rings. The van der Waals surface area contributed by atoms with Gasteiger partial charge in [0.2, 0.25) is 0 Å². The van der Waals surface area contributed by atoms with Crippen LogP contribution in [0.3, 0.4) is 0 Å². The summed E-state index contributed by atoms with van der Waals surface area (Å²) in [5, 5.41) is 2.74. The van der Waals surface area contributed by atoms with E-state index in [0.717, 1.165) is 4.47 Å². The number of carbonyl (C=O) groups is 2. The lowest BCUT2D eigenvalue weighted by atomic mass is 10.2. The third-order valence-corrected chi connectivity index (χ3v) is 3.01. The maximum absolute atomic E-state index is 11.9. The highest BCUT2D eigenvalue weighted by Gasteiger charge is 2.21. The Bertz CT molecular complexity index is 468. The molecule has 7 heteroatoms. The number of benzene rings is 1. The number of esters is 1. The van der Waals surface area contributed by atoms with Crippen molar-refractivity contribution in [1.82, 2.24) is 5.32 Å². The summed E-state index contributed by atoms with van der Waals surface area (Å²) in [6.45, 7) is -0.0490. The number of hydrogen-bond donors (Lipinski definition) is 2. The van der Waals surface area contributed by atoms with Gasteiger partial charge in [-0.15, -0.1) is 0 Å². The van der Waals surface area contributed by atoms with Crippen molar-refractivity contribution in [2.24, 2.45) is 5.73 Å². The van der Waals surface area contributed by atoms with Crippen LogP contribution < -0.4 is 11.1 Å². The molecule has 18 heavy (non-hydrogen) atoms. The molecule has 1 aromatic carbocycles. The van der Waals surface area contributed by atoms with Crippen molar-refractivity contribution in [2.45, 2.75) is 6.04 Å². The summed E-state index contributed by atoms with van der Waals surface area (Å²) in [6, 6.07) is 3.93. The Morgan fingerprint density at radius 3 is 2.72 bits per heavy atom. The van der Waals surface area contributed by atoms with Crippen molar-refractivity contribution >= 4 is 39.4 Å². The van der Waals surface area contributed by atoms with Crippen LogP contribution in [0.4, 0.5) is 0 Å². The van der Waals surface area contributed by atoms with Crippen molar-refractivity contribution in [3.8, 4) is 0 Å². The zero-order valence-electron chi connectivity index (χ0n) is 9.57. The van der Waals surface area contributed by atoms with Crippen LogP contribution >= 0.6 is 27.5 Å². The van der Waals surface area contributed by atoms with Crippen LogP contribution in [0.2, 0.25) is 5.02 Å². The lowest BCUT2D eigenvalue weighted by Crippen LogP contribution is -2.46. The molecule has 0 aliphatic carbocycles. The van der Waals surface area contributed by atoms with E-state index in [9.17, 15) is 9.59 Å². The Morgan fingerprint density at radius 1 is 1.56 bits per heavy atom. The third kappa shape index (κ3) is 3.69. The van der Waals surface area contributed by atoms with Gasteiger partial charge in [0, 0.05) is 11.0 Å². The van der Waals surface area contributed by atoms with E-state index in [0.29, 0.717) is 0 Å². The first kappa shape index (κ1) is 14.9.